The first-order valence-corrected chi connectivity index (χ1v) is 6.91. The van der Waals surface area contributed by atoms with Crippen molar-refractivity contribution in [1.82, 2.24) is 15.5 Å². The summed E-state index contributed by atoms with van der Waals surface area (Å²) in [5, 5.41) is 11.4. The Kier molecular flexibility index (Phi) is 4.09. The van der Waals surface area contributed by atoms with Gasteiger partial charge in [-0.3, -0.25) is 5.10 Å². The first-order chi connectivity index (χ1) is 7.38. The van der Waals surface area contributed by atoms with Crippen LogP contribution in [-0.2, 0) is 6.54 Å². The van der Waals surface area contributed by atoms with E-state index in [0.717, 1.165) is 11.8 Å². The van der Waals surface area contributed by atoms with Crippen LogP contribution in [-0.4, -0.2) is 27.7 Å². The molecule has 15 heavy (non-hydrogen) atoms. The molecule has 0 saturated heterocycles. The number of thioether (sulfide) groups is 1. The molecule has 84 valence electrons. The van der Waals surface area contributed by atoms with E-state index in [4.69, 9.17) is 0 Å². The lowest BCUT2D eigenvalue weighted by Gasteiger charge is -2.27. The predicted octanol–water partition coefficient (Wildman–Crippen LogP) is 2.17. The quantitative estimate of drug-likeness (QED) is 0.825. The summed E-state index contributed by atoms with van der Waals surface area (Å²) in [6, 6.07) is 2.73. The number of hydrogen-bond acceptors (Lipinski definition) is 3. The molecule has 1 saturated carbocycles. The third kappa shape index (κ3) is 3.24. The highest BCUT2D eigenvalue weighted by Crippen LogP contribution is 2.26. The second-order valence-corrected chi connectivity index (χ2v) is 5.31. The minimum absolute atomic E-state index is 0.705. The van der Waals surface area contributed by atoms with Crippen LogP contribution in [0.3, 0.4) is 0 Å². The van der Waals surface area contributed by atoms with Crippen molar-refractivity contribution in [2.75, 3.05) is 6.26 Å². The van der Waals surface area contributed by atoms with Gasteiger partial charge in [-0.25, -0.2) is 0 Å². The van der Waals surface area contributed by atoms with Gasteiger partial charge in [0.1, 0.15) is 0 Å². The molecule has 0 atom stereocenters. The Morgan fingerprint density at radius 1 is 1.47 bits per heavy atom. The van der Waals surface area contributed by atoms with Crippen LogP contribution in [0.25, 0.3) is 0 Å². The summed E-state index contributed by atoms with van der Waals surface area (Å²) >= 11 is 2.02. The van der Waals surface area contributed by atoms with Gasteiger partial charge in [-0.2, -0.15) is 16.9 Å². The van der Waals surface area contributed by atoms with E-state index in [0.29, 0.717) is 6.04 Å². The lowest BCUT2D eigenvalue weighted by Crippen LogP contribution is -2.33. The summed E-state index contributed by atoms with van der Waals surface area (Å²) in [6.45, 7) is 0.925. The molecule has 0 radical (unpaired) electrons. The Morgan fingerprint density at radius 2 is 2.27 bits per heavy atom. The zero-order chi connectivity index (χ0) is 10.5. The van der Waals surface area contributed by atoms with Gasteiger partial charge in [0.2, 0.25) is 0 Å². The molecule has 1 aliphatic rings. The lowest BCUT2D eigenvalue weighted by molar-refractivity contribution is 0.377. The van der Waals surface area contributed by atoms with Crippen molar-refractivity contribution in [1.29, 1.82) is 0 Å². The number of rotatable bonds is 4. The van der Waals surface area contributed by atoms with Gasteiger partial charge >= 0.3 is 0 Å². The molecule has 0 spiro atoms. The molecular formula is C11H19N3S. The van der Waals surface area contributed by atoms with Crippen LogP contribution in [0.5, 0.6) is 0 Å². The minimum atomic E-state index is 0.705. The molecule has 1 fully saturated rings. The maximum absolute atomic E-state index is 3.94. The molecule has 1 aromatic rings. The highest BCUT2D eigenvalue weighted by atomic mass is 32.2. The third-order valence-electron chi connectivity index (χ3n) is 3.15. The molecular weight excluding hydrogens is 206 g/mol. The van der Waals surface area contributed by atoms with Crippen molar-refractivity contribution in [3.8, 4) is 0 Å². The molecule has 4 heteroatoms. The number of aromatic nitrogens is 2. The Balaban J connectivity index is 1.69. The molecule has 0 aliphatic heterocycles. The Labute approximate surface area is 95.4 Å². The van der Waals surface area contributed by atoms with Crippen LogP contribution >= 0.6 is 11.8 Å². The van der Waals surface area contributed by atoms with E-state index < -0.39 is 0 Å². The Hall–Kier alpha value is -0.480. The third-order valence-corrected chi connectivity index (χ3v) is 4.29. The highest BCUT2D eigenvalue weighted by Gasteiger charge is 2.19. The molecule has 1 aliphatic carbocycles. The van der Waals surface area contributed by atoms with Gasteiger partial charge < -0.3 is 5.32 Å². The van der Waals surface area contributed by atoms with E-state index in [-0.39, 0.29) is 0 Å². The van der Waals surface area contributed by atoms with Crippen LogP contribution in [0.4, 0.5) is 0 Å². The van der Waals surface area contributed by atoms with E-state index >= 15 is 0 Å². The van der Waals surface area contributed by atoms with Crippen LogP contribution in [0.2, 0.25) is 0 Å². The van der Waals surface area contributed by atoms with Gasteiger partial charge in [-0.1, -0.05) is 0 Å². The topological polar surface area (TPSA) is 40.7 Å². The Morgan fingerprint density at radius 3 is 2.87 bits per heavy atom. The molecule has 0 amide bonds. The summed E-state index contributed by atoms with van der Waals surface area (Å²) in [5.74, 6) is 0. The summed E-state index contributed by atoms with van der Waals surface area (Å²) < 4.78 is 0. The molecule has 1 heterocycles. The predicted molar refractivity (Wildman–Crippen MR) is 65.0 cm³/mol. The van der Waals surface area contributed by atoms with Gasteiger partial charge in [0.25, 0.3) is 0 Å². The van der Waals surface area contributed by atoms with Crippen LogP contribution in [0, 0.1) is 0 Å². The van der Waals surface area contributed by atoms with Crippen LogP contribution in [0.1, 0.15) is 31.4 Å². The number of H-pyrrole nitrogens is 1. The van der Waals surface area contributed by atoms with Crippen molar-refractivity contribution in [2.24, 2.45) is 0 Å². The fourth-order valence-electron chi connectivity index (χ4n) is 2.14. The summed E-state index contributed by atoms with van der Waals surface area (Å²) in [7, 11) is 0. The number of nitrogens with zero attached hydrogens (tertiary/aromatic N) is 1. The normalized spacial score (nSPS) is 26.7. The SMILES string of the molecule is CSC1CCC(NCc2ccn[nH]2)CC1. The first-order valence-electron chi connectivity index (χ1n) is 5.63. The van der Waals surface area contributed by atoms with E-state index in [1.165, 1.54) is 31.4 Å². The molecule has 1 aromatic heterocycles. The maximum Gasteiger partial charge on any atom is 0.0490 e. The van der Waals surface area contributed by atoms with Crippen molar-refractivity contribution in [3.05, 3.63) is 18.0 Å². The number of aromatic amines is 1. The zero-order valence-corrected chi connectivity index (χ0v) is 10.0. The van der Waals surface area contributed by atoms with E-state index in [2.05, 4.69) is 21.8 Å². The maximum atomic E-state index is 3.94. The monoisotopic (exact) mass is 225 g/mol. The zero-order valence-electron chi connectivity index (χ0n) is 9.20. The molecule has 0 aromatic carbocycles. The molecule has 0 bridgehead atoms. The smallest absolute Gasteiger partial charge is 0.0490 e. The molecule has 0 unspecified atom stereocenters. The van der Waals surface area contributed by atoms with Gasteiger partial charge in [-0.05, 0) is 38.0 Å². The van der Waals surface area contributed by atoms with Gasteiger partial charge in [0, 0.05) is 29.7 Å². The summed E-state index contributed by atoms with van der Waals surface area (Å²) in [4.78, 5) is 0. The highest BCUT2D eigenvalue weighted by molar-refractivity contribution is 7.99. The van der Waals surface area contributed by atoms with Crippen molar-refractivity contribution in [3.63, 3.8) is 0 Å². The minimum Gasteiger partial charge on any atom is -0.308 e. The lowest BCUT2D eigenvalue weighted by atomic mass is 9.95. The van der Waals surface area contributed by atoms with Crippen molar-refractivity contribution >= 4 is 11.8 Å². The van der Waals surface area contributed by atoms with Crippen molar-refractivity contribution in [2.45, 2.75) is 43.5 Å². The number of nitrogens with one attached hydrogen (secondary N) is 2. The molecule has 2 rings (SSSR count). The summed E-state index contributed by atoms with van der Waals surface area (Å²) in [6.07, 6.45) is 9.40. The molecule has 2 N–H and O–H groups in total. The number of hydrogen-bond donors (Lipinski definition) is 2. The van der Waals surface area contributed by atoms with Crippen LogP contribution < -0.4 is 5.32 Å². The van der Waals surface area contributed by atoms with Gasteiger partial charge in [-0.15, -0.1) is 0 Å². The molecule has 3 nitrogen and oxygen atoms in total. The second kappa shape index (κ2) is 5.56. The fourth-order valence-corrected chi connectivity index (χ4v) is 2.88. The van der Waals surface area contributed by atoms with Crippen molar-refractivity contribution < 1.29 is 0 Å². The largest absolute Gasteiger partial charge is 0.308 e. The second-order valence-electron chi connectivity index (χ2n) is 4.17. The first kappa shape index (κ1) is 11.0. The van der Waals surface area contributed by atoms with Gasteiger partial charge in [0.05, 0.1) is 0 Å². The fraction of sp³-hybridized carbons (Fsp3) is 0.727. The average molecular weight is 225 g/mol. The van der Waals surface area contributed by atoms with Crippen LogP contribution in [0.15, 0.2) is 12.3 Å². The van der Waals surface area contributed by atoms with E-state index in [9.17, 15) is 0 Å². The van der Waals surface area contributed by atoms with Gasteiger partial charge in [0.15, 0.2) is 0 Å². The average Bonchev–Trinajstić information content (AvgIpc) is 2.80. The summed E-state index contributed by atoms with van der Waals surface area (Å²) in [5.41, 5.74) is 1.18. The van der Waals surface area contributed by atoms with E-state index in [1.54, 1.807) is 0 Å². The standard InChI is InChI=1S/C11H19N3S/c1-15-11-4-2-9(3-5-11)12-8-10-6-7-13-14-10/h6-7,9,11-12H,2-5,8H2,1H3,(H,13,14). The Bertz CT molecular complexity index is 265. The van der Waals surface area contributed by atoms with E-state index in [1.807, 2.05) is 24.0 Å².